The minimum atomic E-state index is -1.69. The van der Waals surface area contributed by atoms with Gasteiger partial charge >= 0.3 is 5.97 Å². The molecule has 8 heteroatoms. The Balaban J connectivity index is 2.02. The van der Waals surface area contributed by atoms with Crippen LogP contribution in [-0.2, 0) is 28.6 Å². The van der Waals surface area contributed by atoms with Crippen LogP contribution in [0.5, 0.6) is 0 Å². The number of pyridine rings is 1. The van der Waals surface area contributed by atoms with Crippen molar-refractivity contribution in [2.24, 2.45) is 12.8 Å². The number of hydrogen-bond acceptors (Lipinski definition) is 6. The Morgan fingerprint density at radius 3 is 2.46 bits per heavy atom. The normalized spacial score (nSPS) is 13.1. The number of benzene rings is 3. The van der Waals surface area contributed by atoms with E-state index in [1.807, 2.05) is 30.3 Å². The van der Waals surface area contributed by atoms with Crippen LogP contribution in [0, 0.1) is 0 Å². The SMILES string of the molecule is C=CN(C)/C(=C\N)[C@@](O)(c1ccc(Cl)cc1)c1ccc2c(c1)c(-c1cccc(CC(=O)OC)c1)cc(=O)n2C. The highest BCUT2D eigenvalue weighted by Gasteiger charge is 2.38. The molecule has 1 atom stereocenters. The number of nitrogens with two attached hydrogens (primary N) is 1. The zero-order valence-corrected chi connectivity index (χ0v) is 22.8. The molecule has 0 saturated heterocycles. The van der Waals surface area contributed by atoms with Gasteiger partial charge in [0.2, 0.25) is 0 Å². The number of hydrogen-bond donors (Lipinski definition) is 2. The Kier molecular flexibility index (Phi) is 7.95. The maximum atomic E-state index is 12.9. The van der Waals surface area contributed by atoms with E-state index in [0.717, 1.165) is 16.5 Å². The second-order valence-electron chi connectivity index (χ2n) is 9.20. The van der Waals surface area contributed by atoms with Gasteiger partial charge in [-0.15, -0.1) is 0 Å². The van der Waals surface area contributed by atoms with Gasteiger partial charge in [0.1, 0.15) is 0 Å². The number of carbonyl (C=O) groups is 1. The highest BCUT2D eigenvalue weighted by atomic mass is 35.5. The number of methoxy groups -OCH3 is 1. The number of ether oxygens (including phenoxy) is 1. The molecule has 3 aromatic carbocycles. The predicted molar refractivity (Wildman–Crippen MR) is 155 cm³/mol. The van der Waals surface area contributed by atoms with Gasteiger partial charge in [-0.25, -0.2) is 0 Å². The van der Waals surface area contributed by atoms with E-state index < -0.39 is 5.60 Å². The van der Waals surface area contributed by atoms with Crippen molar-refractivity contribution < 1.29 is 14.6 Å². The van der Waals surface area contributed by atoms with E-state index in [-0.39, 0.29) is 17.9 Å². The average Bonchev–Trinajstić information content (AvgIpc) is 2.95. The summed E-state index contributed by atoms with van der Waals surface area (Å²) < 4.78 is 6.37. The first-order valence-corrected chi connectivity index (χ1v) is 12.6. The van der Waals surface area contributed by atoms with E-state index in [0.29, 0.717) is 32.9 Å². The molecule has 0 amide bonds. The summed E-state index contributed by atoms with van der Waals surface area (Å²) in [6.45, 7) is 3.83. The molecular formula is C31H30ClN3O4. The zero-order chi connectivity index (χ0) is 28.3. The minimum Gasteiger partial charge on any atom is -0.469 e. The number of halogens is 1. The molecule has 4 aromatic rings. The monoisotopic (exact) mass is 543 g/mol. The number of carbonyl (C=O) groups excluding carboxylic acids is 1. The molecule has 0 fully saturated rings. The van der Waals surface area contributed by atoms with E-state index in [2.05, 4.69) is 6.58 Å². The number of rotatable bonds is 8. The molecule has 0 unspecified atom stereocenters. The van der Waals surface area contributed by atoms with Crippen LogP contribution in [0.4, 0.5) is 0 Å². The molecule has 0 saturated carbocycles. The van der Waals surface area contributed by atoms with Crippen LogP contribution in [0.3, 0.4) is 0 Å². The summed E-state index contributed by atoms with van der Waals surface area (Å²) in [5, 5.41) is 13.7. The van der Waals surface area contributed by atoms with Crippen molar-refractivity contribution in [1.29, 1.82) is 0 Å². The number of likely N-dealkylation sites (N-methyl/N-ethyl adjacent to an activating group) is 1. The predicted octanol–water partition coefficient (Wildman–Crippen LogP) is 4.69. The maximum Gasteiger partial charge on any atom is 0.309 e. The highest BCUT2D eigenvalue weighted by molar-refractivity contribution is 6.30. The van der Waals surface area contributed by atoms with Gasteiger partial charge in [0.25, 0.3) is 5.56 Å². The van der Waals surface area contributed by atoms with Crippen LogP contribution < -0.4 is 11.3 Å². The molecule has 0 radical (unpaired) electrons. The summed E-state index contributed by atoms with van der Waals surface area (Å²) in [7, 11) is 4.79. The third-order valence-corrected chi connectivity index (χ3v) is 7.17. The Labute approximate surface area is 232 Å². The quantitative estimate of drug-likeness (QED) is 0.313. The van der Waals surface area contributed by atoms with Gasteiger partial charge in [0.15, 0.2) is 5.60 Å². The second kappa shape index (κ2) is 11.2. The van der Waals surface area contributed by atoms with Crippen molar-refractivity contribution in [3.05, 3.63) is 130 Å². The van der Waals surface area contributed by atoms with Crippen molar-refractivity contribution >= 4 is 28.5 Å². The molecule has 3 N–H and O–H groups in total. The average molecular weight is 544 g/mol. The second-order valence-corrected chi connectivity index (χ2v) is 9.64. The van der Waals surface area contributed by atoms with Gasteiger partial charge in [-0.2, -0.15) is 0 Å². The van der Waals surface area contributed by atoms with E-state index in [9.17, 15) is 14.7 Å². The number of aromatic nitrogens is 1. The van der Waals surface area contributed by atoms with Crippen LogP contribution in [-0.4, -0.2) is 34.7 Å². The summed E-state index contributed by atoms with van der Waals surface area (Å²) >= 11 is 6.15. The third-order valence-electron chi connectivity index (χ3n) is 6.92. The molecule has 0 bridgehead atoms. The molecule has 0 aliphatic rings. The van der Waals surface area contributed by atoms with Crippen molar-refractivity contribution in [3.63, 3.8) is 0 Å². The van der Waals surface area contributed by atoms with Crippen molar-refractivity contribution in [1.82, 2.24) is 9.47 Å². The molecule has 0 aliphatic heterocycles. The Morgan fingerprint density at radius 2 is 1.82 bits per heavy atom. The molecular weight excluding hydrogens is 514 g/mol. The lowest BCUT2D eigenvalue weighted by atomic mass is 9.82. The maximum absolute atomic E-state index is 12.9. The fourth-order valence-corrected chi connectivity index (χ4v) is 4.88. The van der Waals surface area contributed by atoms with Crippen LogP contribution in [0.1, 0.15) is 16.7 Å². The fraction of sp³-hybridized carbons (Fsp3) is 0.161. The Hall–Kier alpha value is -4.33. The lowest BCUT2D eigenvalue weighted by Crippen LogP contribution is -2.37. The fourth-order valence-electron chi connectivity index (χ4n) is 4.76. The largest absolute Gasteiger partial charge is 0.469 e. The molecule has 4 rings (SSSR count). The summed E-state index contributed by atoms with van der Waals surface area (Å²) in [6, 6.07) is 21.3. The number of aliphatic hydroxyl groups is 1. The number of aryl methyl sites for hydroxylation is 1. The smallest absolute Gasteiger partial charge is 0.309 e. The van der Waals surface area contributed by atoms with Crippen LogP contribution in [0.2, 0.25) is 5.02 Å². The van der Waals surface area contributed by atoms with Crippen molar-refractivity contribution in [2.45, 2.75) is 12.0 Å². The molecule has 200 valence electrons. The first-order chi connectivity index (χ1) is 18.6. The molecule has 7 nitrogen and oxygen atoms in total. The van der Waals surface area contributed by atoms with Crippen LogP contribution in [0.25, 0.3) is 22.0 Å². The summed E-state index contributed by atoms with van der Waals surface area (Å²) in [4.78, 5) is 26.5. The lowest BCUT2D eigenvalue weighted by molar-refractivity contribution is -0.139. The molecule has 39 heavy (non-hydrogen) atoms. The van der Waals surface area contributed by atoms with Gasteiger partial charge in [0, 0.05) is 36.8 Å². The molecule has 0 spiro atoms. The van der Waals surface area contributed by atoms with Crippen LogP contribution in [0.15, 0.2) is 102 Å². The van der Waals surface area contributed by atoms with Gasteiger partial charge < -0.3 is 25.0 Å². The Morgan fingerprint density at radius 1 is 1.13 bits per heavy atom. The van der Waals surface area contributed by atoms with E-state index in [4.69, 9.17) is 22.1 Å². The van der Waals surface area contributed by atoms with E-state index in [1.165, 1.54) is 13.3 Å². The van der Waals surface area contributed by atoms with Gasteiger partial charge in [-0.05, 0) is 58.3 Å². The molecule has 1 aromatic heterocycles. The zero-order valence-electron chi connectivity index (χ0n) is 22.0. The highest BCUT2D eigenvalue weighted by Crippen LogP contribution is 2.40. The van der Waals surface area contributed by atoms with Gasteiger partial charge in [0.05, 0.1) is 24.7 Å². The van der Waals surface area contributed by atoms with Gasteiger partial charge in [-0.1, -0.05) is 60.6 Å². The number of esters is 1. The molecule has 1 heterocycles. The number of nitrogens with zero attached hydrogens (tertiary/aromatic N) is 2. The Bertz CT molecular complexity index is 1640. The summed E-state index contributed by atoms with van der Waals surface area (Å²) in [5.41, 5.74) is 8.48. The van der Waals surface area contributed by atoms with Gasteiger partial charge in [-0.3, -0.25) is 9.59 Å². The summed E-state index contributed by atoms with van der Waals surface area (Å²) in [5.74, 6) is -0.358. The van der Waals surface area contributed by atoms with Crippen LogP contribution >= 0.6 is 11.6 Å². The van der Waals surface area contributed by atoms with Crippen molar-refractivity contribution in [2.75, 3.05) is 14.2 Å². The van der Waals surface area contributed by atoms with E-state index >= 15 is 0 Å². The minimum absolute atomic E-state index is 0.104. The summed E-state index contributed by atoms with van der Waals surface area (Å²) in [6.07, 6.45) is 3.01. The molecule has 0 aliphatic carbocycles. The first-order valence-electron chi connectivity index (χ1n) is 12.2. The lowest BCUT2D eigenvalue weighted by Gasteiger charge is -2.36. The van der Waals surface area contributed by atoms with Crippen molar-refractivity contribution in [3.8, 4) is 11.1 Å². The topological polar surface area (TPSA) is 97.8 Å². The van der Waals surface area contributed by atoms with E-state index in [1.54, 1.807) is 72.2 Å². The number of fused-ring (bicyclic) bond motifs is 1. The first kappa shape index (κ1) is 27.7. The standard InChI is InChI=1S/C31H30ClN3O4/c1-5-34(2)28(19-33)31(38,22-9-12-24(32)13-10-22)23-11-14-27-26(17-23)25(18-29(36)35(27)3)21-8-6-7-20(15-21)16-30(37)39-4/h5-15,17-19,38H,1,16,33H2,2-4H3/b28-19-/t31-/m1/s1. The third kappa shape index (κ3) is 5.19.